The van der Waals surface area contributed by atoms with Crippen molar-refractivity contribution >= 4 is 16.0 Å². The largest absolute Gasteiger partial charge is 0.480 e. The fourth-order valence-electron chi connectivity index (χ4n) is 2.39. The van der Waals surface area contributed by atoms with Crippen molar-refractivity contribution in [2.75, 3.05) is 5.75 Å². The van der Waals surface area contributed by atoms with E-state index in [1.165, 1.54) is 4.31 Å². The van der Waals surface area contributed by atoms with Gasteiger partial charge in [-0.15, -0.1) is 0 Å². The lowest BCUT2D eigenvalue weighted by atomic mass is 10.1. The van der Waals surface area contributed by atoms with Crippen LogP contribution in [0, 0.1) is 0 Å². The Hall–Kier alpha value is -0.620. The van der Waals surface area contributed by atoms with Gasteiger partial charge in [0.25, 0.3) is 0 Å². The van der Waals surface area contributed by atoms with Crippen LogP contribution >= 0.6 is 0 Å². The molecule has 2 aliphatic rings. The molecule has 0 aromatic rings. The van der Waals surface area contributed by atoms with E-state index in [0.717, 1.165) is 6.42 Å². The van der Waals surface area contributed by atoms with Crippen molar-refractivity contribution in [1.82, 2.24) is 4.31 Å². The number of nitrogens with zero attached hydrogens (tertiary/aromatic N) is 1. The first-order valence-electron chi connectivity index (χ1n) is 4.76. The van der Waals surface area contributed by atoms with Gasteiger partial charge in [-0.25, -0.2) is 8.42 Å². The summed E-state index contributed by atoms with van der Waals surface area (Å²) in [5.74, 6) is -0.911. The zero-order valence-corrected chi connectivity index (χ0v) is 8.53. The van der Waals surface area contributed by atoms with Gasteiger partial charge in [-0.2, -0.15) is 4.31 Å². The number of hydrogen-bond donors (Lipinski definition) is 1. The van der Waals surface area contributed by atoms with Crippen molar-refractivity contribution in [1.29, 1.82) is 0 Å². The van der Waals surface area contributed by atoms with Crippen LogP contribution in [-0.4, -0.2) is 41.6 Å². The number of aliphatic carboxylic acids is 1. The van der Waals surface area contributed by atoms with Gasteiger partial charge in [-0.3, -0.25) is 4.79 Å². The lowest BCUT2D eigenvalue weighted by molar-refractivity contribution is -0.141. The molecular formula is C8H13NO4S. The van der Waals surface area contributed by atoms with E-state index >= 15 is 0 Å². The molecule has 0 aliphatic carbocycles. The zero-order chi connectivity index (χ0) is 10.3. The molecule has 6 heteroatoms. The predicted octanol–water partition coefficient (Wildman–Crippen LogP) is 0.0276. The first-order chi connectivity index (χ1) is 6.52. The number of sulfonamides is 1. The Balaban J connectivity index is 2.32. The van der Waals surface area contributed by atoms with Gasteiger partial charge >= 0.3 is 5.97 Å². The Kier molecular flexibility index (Phi) is 2.27. The van der Waals surface area contributed by atoms with E-state index in [2.05, 4.69) is 0 Å². The summed E-state index contributed by atoms with van der Waals surface area (Å²) in [4.78, 5) is 10.8. The summed E-state index contributed by atoms with van der Waals surface area (Å²) >= 11 is 0. The summed E-state index contributed by atoms with van der Waals surface area (Å²) in [7, 11) is -3.30. The molecule has 2 unspecified atom stereocenters. The van der Waals surface area contributed by atoms with Crippen molar-refractivity contribution in [3.8, 4) is 0 Å². The second kappa shape index (κ2) is 3.20. The molecule has 14 heavy (non-hydrogen) atoms. The van der Waals surface area contributed by atoms with Gasteiger partial charge < -0.3 is 5.11 Å². The first-order valence-corrected chi connectivity index (χ1v) is 6.37. The molecule has 0 saturated carbocycles. The Morgan fingerprint density at radius 1 is 1.29 bits per heavy atom. The molecule has 2 atom stereocenters. The van der Waals surface area contributed by atoms with Crippen molar-refractivity contribution < 1.29 is 18.3 Å². The van der Waals surface area contributed by atoms with Crippen molar-refractivity contribution in [2.24, 2.45) is 0 Å². The van der Waals surface area contributed by atoms with Crippen LogP contribution in [0.1, 0.15) is 25.7 Å². The molecule has 0 radical (unpaired) electrons. The Morgan fingerprint density at radius 3 is 2.64 bits per heavy atom. The molecule has 2 heterocycles. The van der Waals surface area contributed by atoms with Gasteiger partial charge in [0.15, 0.2) is 0 Å². The van der Waals surface area contributed by atoms with Crippen LogP contribution in [0.15, 0.2) is 0 Å². The number of rotatable bonds is 1. The van der Waals surface area contributed by atoms with Crippen LogP contribution in [-0.2, 0) is 14.8 Å². The summed E-state index contributed by atoms with van der Waals surface area (Å²) in [6, 6.07) is -0.875. The molecule has 0 bridgehead atoms. The van der Waals surface area contributed by atoms with Crippen molar-refractivity contribution in [3.63, 3.8) is 0 Å². The smallest absolute Gasteiger partial charge is 0.322 e. The van der Waals surface area contributed by atoms with Crippen molar-refractivity contribution in [3.05, 3.63) is 0 Å². The monoisotopic (exact) mass is 219 g/mol. The second-order valence-corrected chi connectivity index (χ2v) is 5.87. The van der Waals surface area contributed by atoms with Gasteiger partial charge in [0, 0.05) is 6.04 Å². The van der Waals surface area contributed by atoms with Crippen LogP contribution in [0.4, 0.5) is 0 Å². The molecule has 0 amide bonds. The molecule has 2 fully saturated rings. The molecule has 0 aromatic heterocycles. The summed E-state index contributed by atoms with van der Waals surface area (Å²) in [5.41, 5.74) is 0. The normalized spacial score (nSPS) is 36.6. The van der Waals surface area contributed by atoms with Gasteiger partial charge in [-0.1, -0.05) is 0 Å². The minimum absolute atomic E-state index is 0.0603. The minimum Gasteiger partial charge on any atom is -0.480 e. The summed E-state index contributed by atoms with van der Waals surface area (Å²) < 4.78 is 24.5. The van der Waals surface area contributed by atoms with Crippen LogP contribution < -0.4 is 0 Å². The third-order valence-electron chi connectivity index (χ3n) is 2.99. The average molecular weight is 219 g/mol. The van der Waals surface area contributed by atoms with Crippen LogP contribution in [0.25, 0.3) is 0 Å². The molecule has 80 valence electrons. The highest BCUT2D eigenvalue weighted by atomic mass is 32.2. The molecule has 5 nitrogen and oxygen atoms in total. The molecule has 2 rings (SSSR count). The zero-order valence-electron chi connectivity index (χ0n) is 7.72. The van der Waals surface area contributed by atoms with Gasteiger partial charge in [0.05, 0.1) is 5.75 Å². The Bertz CT molecular complexity index is 350. The fraction of sp³-hybridized carbons (Fsp3) is 0.875. The topological polar surface area (TPSA) is 74.7 Å². The summed E-state index contributed by atoms with van der Waals surface area (Å²) in [6.07, 6.45) is 2.62. The van der Waals surface area contributed by atoms with E-state index in [0.29, 0.717) is 19.3 Å². The molecular weight excluding hydrogens is 206 g/mol. The summed E-state index contributed by atoms with van der Waals surface area (Å²) in [5, 5.41) is 8.88. The second-order valence-electron chi connectivity index (χ2n) is 3.87. The Labute approximate surface area is 82.8 Å². The van der Waals surface area contributed by atoms with E-state index in [1.807, 2.05) is 0 Å². The third-order valence-corrected chi connectivity index (χ3v) is 4.99. The molecule has 2 saturated heterocycles. The fourth-order valence-corrected chi connectivity index (χ4v) is 4.38. The Morgan fingerprint density at radius 2 is 2.00 bits per heavy atom. The van der Waals surface area contributed by atoms with Crippen LogP contribution in [0.5, 0.6) is 0 Å². The van der Waals surface area contributed by atoms with E-state index in [1.54, 1.807) is 0 Å². The first kappa shape index (κ1) is 9.92. The molecule has 0 aromatic carbocycles. The highest BCUT2D eigenvalue weighted by Crippen LogP contribution is 2.34. The molecule has 0 spiro atoms. The lowest BCUT2D eigenvalue weighted by Gasteiger charge is -2.31. The lowest BCUT2D eigenvalue weighted by Crippen LogP contribution is -2.48. The number of hydrogen-bond acceptors (Lipinski definition) is 3. The predicted molar refractivity (Wildman–Crippen MR) is 49.3 cm³/mol. The standard InChI is InChI=1S/C8H13NO4S/c10-8(11)7-4-3-6-2-1-5-14(12,13)9(6)7/h6-7H,1-5H2,(H,10,11). The van der Waals surface area contributed by atoms with Gasteiger partial charge in [0.2, 0.25) is 10.0 Å². The van der Waals surface area contributed by atoms with Gasteiger partial charge in [-0.05, 0) is 25.7 Å². The summed E-state index contributed by atoms with van der Waals surface area (Å²) in [6.45, 7) is 0. The number of carboxylic acids is 1. The van der Waals surface area contributed by atoms with E-state index in [9.17, 15) is 13.2 Å². The highest BCUT2D eigenvalue weighted by Gasteiger charge is 2.46. The SMILES string of the molecule is O=C(O)C1CCC2CCCS(=O)(=O)N21. The van der Waals surface area contributed by atoms with E-state index < -0.39 is 22.0 Å². The quantitative estimate of drug-likeness (QED) is 0.675. The molecule has 1 N–H and O–H groups in total. The maximum absolute atomic E-state index is 11.6. The molecule has 2 aliphatic heterocycles. The maximum Gasteiger partial charge on any atom is 0.322 e. The van der Waals surface area contributed by atoms with Gasteiger partial charge in [0.1, 0.15) is 6.04 Å². The van der Waals surface area contributed by atoms with E-state index in [4.69, 9.17) is 5.11 Å². The van der Waals surface area contributed by atoms with Crippen LogP contribution in [0.2, 0.25) is 0 Å². The van der Waals surface area contributed by atoms with Crippen LogP contribution in [0.3, 0.4) is 0 Å². The number of carboxylic acid groups (broad SMARTS) is 1. The minimum atomic E-state index is -3.30. The number of carbonyl (C=O) groups is 1. The number of fused-ring (bicyclic) bond motifs is 1. The van der Waals surface area contributed by atoms with E-state index in [-0.39, 0.29) is 11.8 Å². The third kappa shape index (κ3) is 1.42. The average Bonchev–Trinajstić information content (AvgIpc) is 2.48. The maximum atomic E-state index is 11.6. The highest BCUT2D eigenvalue weighted by molar-refractivity contribution is 7.89. The van der Waals surface area contributed by atoms with Crippen molar-refractivity contribution in [2.45, 2.75) is 37.8 Å².